The lowest BCUT2D eigenvalue weighted by Gasteiger charge is -2.16. The van der Waals surface area contributed by atoms with Gasteiger partial charge in [0, 0.05) is 11.6 Å². The number of nitrogens with one attached hydrogen (secondary N) is 1. The molecule has 0 saturated carbocycles. The van der Waals surface area contributed by atoms with Gasteiger partial charge in [0.2, 0.25) is 10.0 Å². The van der Waals surface area contributed by atoms with E-state index in [1.807, 2.05) is 13.8 Å². The Bertz CT molecular complexity index is 849. The van der Waals surface area contributed by atoms with Crippen molar-refractivity contribution >= 4 is 21.6 Å². The fourth-order valence-corrected chi connectivity index (χ4v) is 3.95. The fourth-order valence-electron chi connectivity index (χ4n) is 2.55. The highest BCUT2D eigenvalue weighted by Gasteiger charge is 2.20. The van der Waals surface area contributed by atoms with E-state index >= 15 is 0 Å². The van der Waals surface area contributed by atoms with E-state index in [0.29, 0.717) is 22.1 Å². The lowest BCUT2D eigenvalue weighted by atomic mass is 10.0. The molecule has 5 nitrogen and oxygen atoms in total. The van der Waals surface area contributed by atoms with Crippen molar-refractivity contribution in [3.05, 3.63) is 52.5 Å². The Labute approximate surface area is 160 Å². The average molecular weight is 398 g/mol. The minimum atomic E-state index is -3.64. The van der Waals surface area contributed by atoms with E-state index in [1.165, 1.54) is 0 Å². The molecule has 0 atom stereocenters. The maximum absolute atomic E-state index is 12.7. The van der Waals surface area contributed by atoms with Crippen LogP contribution in [0.3, 0.4) is 0 Å². The third kappa shape index (κ3) is 5.13. The Balaban J connectivity index is 2.07. The molecule has 1 N–H and O–H groups in total. The van der Waals surface area contributed by atoms with Crippen molar-refractivity contribution < 1.29 is 17.9 Å². The van der Waals surface area contributed by atoms with Crippen molar-refractivity contribution in [3.63, 3.8) is 0 Å². The third-order valence-corrected chi connectivity index (χ3v) is 5.77. The van der Waals surface area contributed by atoms with Gasteiger partial charge < -0.3 is 9.47 Å². The molecule has 0 spiro atoms. The first kappa shape index (κ1) is 20.6. The molecule has 2 rings (SSSR count). The second-order valence-corrected chi connectivity index (χ2v) is 8.39. The van der Waals surface area contributed by atoms with Gasteiger partial charge in [-0.25, -0.2) is 13.1 Å². The maximum Gasteiger partial charge on any atom is 0.240 e. The van der Waals surface area contributed by atoms with Crippen LogP contribution in [0.4, 0.5) is 0 Å². The van der Waals surface area contributed by atoms with Crippen LogP contribution in [0.1, 0.15) is 30.9 Å². The van der Waals surface area contributed by atoms with Crippen LogP contribution in [-0.4, -0.2) is 28.7 Å². The number of methoxy groups -OCH3 is 1. The zero-order chi connectivity index (χ0) is 19.3. The molecular formula is C19H24ClNO4S. The first-order valence-electron chi connectivity index (χ1n) is 8.31. The van der Waals surface area contributed by atoms with E-state index in [0.717, 1.165) is 5.56 Å². The van der Waals surface area contributed by atoms with Gasteiger partial charge in [0.1, 0.15) is 18.1 Å². The van der Waals surface area contributed by atoms with Gasteiger partial charge in [0.15, 0.2) is 0 Å². The molecule has 0 saturated heterocycles. The second-order valence-electron chi connectivity index (χ2n) is 6.21. The molecule has 0 aliphatic rings. The van der Waals surface area contributed by atoms with E-state index in [-0.39, 0.29) is 24.0 Å². The highest BCUT2D eigenvalue weighted by Crippen LogP contribution is 2.31. The first-order chi connectivity index (χ1) is 12.2. The minimum Gasteiger partial charge on any atom is -0.496 e. The molecule has 142 valence electrons. The number of halogens is 1. The smallest absolute Gasteiger partial charge is 0.240 e. The molecule has 0 aliphatic carbocycles. The van der Waals surface area contributed by atoms with E-state index < -0.39 is 10.0 Å². The summed E-state index contributed by atoms with van der Waals surface area (Å²) in [6, 6.07) is 10.3. The van der Waals surface area contributed by atoms with Gasteiger partial charge in [-0.15, -0.1) is 0 Å². The Morgan fingerprint density at radius 3 is 2.38 bits per heavy atom. The van der Waals surface area contributed by atoms with Crippen LogP contribution in [0.25, 0.3) is 0 Å². The van der Waals surface area contributed by atoms with Crippen molar-refractivity contribution in [2.45, 2.75) is 31.6 Å². The number of benzene rings is 2. The summed E-state index contributed by atoms with van der Waals surface area (Å²) < 4.78 is 38.8. The van der Waals surface area contributed by atoms with Crippen molar-refractivity contribution in [3.8, 4) is 11.5 Å². The summed E-state index contributed by atoms with van der Waals surface area (Å²) in [4.78, 5) is 0.258. The molecule has 0 aromatic heterocycles. The SMILES string of the molecule is COc1cc(C)c(S(=O)(=O)NCCOc2ccc(Cl)cc2)cc1C(C)C. The van der Waals surface area contributed by atoms with Crippen LogP contribution in [0.5, 0.6) is 11.5 Å². The van der Waals surface area contributed by atoms with E-state index in [4.69, 9.17) is 21.1 Å². The number of aryl methyl sites for hydroxylation is 1. The predicted molar refractivity (Wildman–Crippen MR) is 104 cm³/mol. The summed E-state index contributed by atoms with van der Waals surface area (Å²) in [5.41, 5.74) is 1.49. The van der Waals surface area contributed by atoms with Gasteiger partial charge in [-0.3, -0.25) is 0 Å². The van der Waals surface area contributed by atoms with Crippen LogP contribution in [0.15, 0.2) is 41.3 Å². The van der Waals surface area contributed by atoms with Gasteiger partial charge in [-0.05, 0) is 60.4 Å². The molecule has 0 unspecified atom stereocenters. The molecule has 26 heavy (non-hydrogen) atoms. The predicted octanol–water partition coefficient (Wildman–Crippen LogP) is 4.14. The number of hydrogen-bond donors (Lipinski definition) is 1. The van der Waals surface area contributed by atoms with Crippen LogP contribution < -0.4 is 14.2 Å². The maximum atomic E-state index is 12.7. The number of rotatable bonds is 8. The normalized spacial score (nSPS) is 11.6. The van der Waals surface area contributed by atoms with Gasteiger partial charge in [-0.2, -0.15) is 0 Å². The first-order valence-corrected chi connectivity index (χ1v) is 10.2. The Morgan fingerprint density at radius 1 is 1.15 bits per heavy atom. The molecule has 0 fully saturated rings. The van der Waals surface area contributed by atoms with Gasteiger partial charge in [0.05, 0.1) is 12.0 Å². The molecule has 2 aromatic carbocycles. The summed E-state index contributed by atoms with van der Waals surface area (Å²) in [6.07, 6.45) is 0. The molecule has 0 radical (unpaired) electrons. The summed E-state index contributed by atoms with van der Waals surface area (Å²) in [5.74, 6) is 1.48. The lowest BCUT2D eigenvalue weighted by Crippen LogP contribution is -2.29. The van der Waals surface area contributed by atoms with Gasteiger partial charge in [0.25, 0.3) is 0 Å². The molecular weight excluding hydrogens is 374 g/mol. The minimum absolute atomic E-state index is 0.146. The van der Waals surface area contributed by atoms with Crippen molar-refractivity contribution in [2.24, 2.45) is 0 Å². The van der Waals surface area contributed by atoms with Gasteiger partial charge in [-0.1, -0.05) is 25.4 Å². The van der Waals surface area contributed by atoms with Crippen LogP contribution in [0.2, 0.25) is 5.02 Å². The Kier molecular flexibility index (Phi) is 6.92. The molecule has 2 aromatic rings. The van der Waals surface area contributed by atoms with Crippen LogP contribution in [-0.2, 0) is 10.0 Å². The number of ether oxygens (including phenoxy) is 2. The van der Waals surface area contributed by atoms with Crippen LogP contribution in [0, 0.1) is 6.92 Å². The van der Waals surface area contributed by atoms with Crippen LogP contribution >= 0.6 is 11.6 Å². The highest BCUT2D eigenvalue weighted by molar-refractivity contribution is 7.89. The fraction of sp³-hybridized carbons (Fsp3) is 0.368. The number of sulfonamides is 1. The summed E-state index contributed by atoms with van der Waals surface area (Å²) in [7, 11) is -2.06. The summed E-state index contributed by atoms with van der Waals surface area (Å²) >= 11 is 5.82. The zero-order valence-corrected chi connectivity index (χ0v) is 16.9. The van der Waals surface area contributed by atoms with E-state index in [9.17, 15) is 8.42 Å². The zero-order valence-electron chi connectivity index (χ0n) is 15.4. The molecule has 0 amide bonds. The van der Waals surface area contributed by atoms with Gasteiger partial charge >= 0.3 is 0 Å². The summed E-state index contributed by atoms with van der Waals surface area (Å²) in [5, 5.41) is 0.619. The second kappa shape index (κ2) is 8.75. The quantitative estimate of drug-likeness (QED) is 0.680. The lowest BCUT2D eigenvalue weighted by molar-refractivity contribution is 0.323. The monoisotopic (exact) mass is 397 g/mol. The Hall–Kier alpha value is -1.76. The van der Waals surface area contributed by atoms with Crippen molar-refractivity contribution in [1.29, 1.82) is 0 Å². The molecule has 7 heteroatoms. The largest absolute Gasteiger partial charge is 0.496 e. The average Bonchev–Trinajstić information content (AvgIpc) is 2.59. The molecule has 0 bridgehead atoms. The van der Waals surface area contributed by atoms with Crippen molar-refractivity contribution in [2.75, 3.05) is 20.3 Å². The van der Waals surface area contributed by atoms with Crippen molar-refractivity contribution in [1.82, 2.24) is 4.72 Å². The van der Waals surface area contributed by atoms with E-state index in [2.05, 4.69) is 4.72 Å². The molecule has 0 heterocycles. The topological polar surface area (TPSA) is 64.6 Å². The Morgan fingerprint density at radius 2 is 1.81 bits per heavy atom. The number of hydrogen-bond acceptors (Lipinski definition) is 4. The van der Waals surface area contributed by atoms with E-state index in [1.54, 1.807) is 50.4 Å². The standard InChI is InChI=1S/C19H24ClNO4S/c1-13(2)17-12-19(14(3)11-18(17)24-4)26(22,23)21-9-10-25-16-7-5-15(20)6-8-16/h5-8,11-13,21H,9-10H2,1-4H3. The summed E-state index contributed by atoms with van der Waals surface area (Å²) in [6.45, 7) is 6.12. The molecule has 0 aliphatic heterocycles. The third-order valence-electron chi connectivity index (χ3n) is 3.92. The highest BCUT2D eigenvalue weighted by atomic mass is 35.5.